The van der Waals surface area contributed by atoms with E-state index in [1.165, 1.54) is 6.92 Å². The number of benzene rings is 3. The van der Waals surface area contributed by atoms with E-state index in [0.717, 1.165) is 5.56 Å². The second kappa shape index (κ2) is 8.58. The summed E-state index contributed by atoms with van der Waals surface area (Å²) in [5.74, 6) is 0.256. The van der Waals surface area contributed by atoms with Crippen LogP contribution >= 0.6 is 11.6 Å². The van der Waals surface area contributed by atoms with E-state index in [1.807, 2.05) is 24.3 Å². The summed E-state index contributed by atoms with van der Waals surface area (Å²) in [5.41, 5.74) is 3.49. The number of hydrogen-bond acceptors (Lipinski definition) is 4. The van der Waals surface area contributed by atoms with Crippen molar-refractivity contribution in [3.05, 3.63) is 88.9 Å². The third-order valence-electron chi connectivity index (χ3n) is 4.93. The van der Waals surface area contributed by atoms with Gasteiger partial charge in [-0.1, -0.05) is 35.9 Å². The first kappa shape index (κ1) is 20.6. The number of nitrogens with one attached hydrogen (secondary N) is 1. The van der Waals surface area contributed by atoms with E-state index in [9.17, 15) is 9.59 Å². The molecule has 6 heteroatoms. The predicted molar refractivity (Wildman–Crippen MR) is 123 cm³/mol. The fourth-order valence-electron chi connectivity index (χ4n) is 3.39. The molecule has 0 spiro atoms. The highest BCUT2D eigenvalue weighted by Gasteiger charge is 2.17. The number of carbonyl (C=O) groups is 2. The second-order valence-electron chi connectivity index (χ2n) is 7.01. The van der Waals surface area contributed by atoms with Crippen LogP contribution in [0.3, 0.4) is 0 Å². The third kappa shape index (κ3) is 4.27. The first-order valence-corrected chi connectivity index (χ1v) is 10.00. The lowest BCUT2D eigenvalue weighted by Crippen LogP contribution is -2.13. The average molecular weight is 431 g/mol. The quantitative estimate of drug-likeness (QED) is 0.393. The van der Waals surface area contributed by atoms with E-state index in [4.69, 9.17) is 21.3 Å². The van der Waals surface area contributed by atoms with Crippen LogP contribution in [0.1, 0.15) is 27.6 Å². The Kier molecular flexibility index (Phi) is 5.69. The number of rotatable bonds is 5. The summed E-state index contributed by atoms with van der Waals surface area (Å²) >= 11 is 6.20. The van der Waals surface area contributed by atoms with Gasteiger partial charge in [0.1, 0.15) is 5.75 Å². The third-order valence-corrected chi connectivity index (χ3v) is 5.16. The largest absolute Gasteiger partial charge is 0.496 e. The molecule has 1 N–H and O–H groups in total. The Morgan fingerprint density at radius 2 is 1.77 bits per heavy atom. The maximum Gasteiger partial charge on any atom is 0.256 e. The molecule has 0 atom stereocenters. The molecule has 0 saturated heterocycles. The van der Waals surface area contributed by atoms with Gasteiger partial charge in [-0.15, -0.1) is 0 Å². The van der Waals surface area contributed by atoms with Gasteiger partial charge in [-0.05, 0) is 55.5 Å². The molecule has 0 fully saturated rings. The molecule has 4 aromatic rings. The Bertz CT molecular complexity index is 1320. The van der Waals surface area contributed by atoms with E-state index in [0.29, 0.717) is 44.2 Å². The van der Waals surface area contributed by atoms with Gasteiger partial charge in [-0.25, -0.2) is 4.98 Å². The SMILES string of the molecule is COc1ccccc1-c1cc(C(=O)Nc2cccc(C(C)=O)c2)c2cc(Cl)ccc2n1. The number of ketones is 1. The van der Waals surface area contributed by atoms with E-state index in [-0.39, 0.29) is 11.7 Å². The standard InChI is InChI=1S/C25H19ClN2O3/c1-15(29)16-6-5-7-18(12-16)27-25(30)21-14-23(19-8-3-4-9-24(19)31-2)28-22-11-10-17(26)13-20(21)22/h3-14H,1-2H3,(H,27,30). The van der Waals surface area contributed by atoms with Gasteiger partial charge in [0.2, 0.25) is 0 Å². The fraction of sp³-hybridized carbons (Fsp3) is 0.0800. The molecule has 0 radical (unpaired) electrons. The van der Waals surface area contributed by atoms with Crippen molar-refractivity contribution in [3.63, 3.8) is 0 Å². The van der Waals surface area contributed by atoms with Crippen molar-refractivity contribution in [2.24, 2.45) is 0 Å². The number of carbonyl (C=O) groups excluding carboxylic acids is 2. The molecule has 0 aliphatic rings. The van der Waals surface area contributed by atoms with Gasteiger partial charge in [0.15, 0.2) is 5.78 Å². The Balaban J connectivity index is 1.83. The van der Waals surface area contributed by atoms with Gasteiger partial charge in [0.25, 0.3) is 5.91 Å². The highest BCUT2D eigenvalue weighted by atomic mass is 35.5. The number of Topliss-reactive ketones (excluding diaryl/α,β-unsaturated/α-hetero) is 1. The van der Waals surface area contributed by atoms with Crippen LogP contribution in [0.5, 0.6) is 5.75 Å². The molecular weight excluding hydrogens is 412 g/mol. The molecule has 0 unspecified atom stereocenters. The second-order valence-corrected chi connectivity index (χ2v) is 7.44. The minimum Gasteiger partial charge on any atom is -0.496 e. The monoisotopic (exact) mass is 430 g/mol. The minimum absolute atomic E-state index is 0.0734. The molecule has 3 aromatic carbocycles. The molecule has 31 heavy (non-hydrogen) atoms. The van der Waals surface area contributed by atoms with Crippen molar-refractivity contribution in [1.29, 1.82) is 0 Å². The van der Waals surface area contributed by atoms with Crippen LogP contribution < -0.4 is 10.1 Å². The van der Waals surface area contributed by atoms with Crippen molar-refractivity contribution in [3.8, 4) is 17.0 Å². The molecule has 0 aliphatic carbocycles. The van der Waals surface area contributed by atoms with Crippen molar-refractivity contribution in [1.82, 2.24) is 4.98 Å². The topological polar surface area (TPSA) is 68.3 Å². The van der Waals surface area contributed by atoms with Crippen molar-refractivity contribution in [2.75, 3.05) is 12.4 Å². The molecule has 4 rings (SSSR count). The lowest BCUT2D eigenvalue weighted by molar-refractivity contribution is 0.101. The van der Waals surface area contributed by atoms with Crippen LogP contribution in [0.4, 0.5) is 5.69 Å². The lowest BCUT2D eigenvalue weighted by atomic mass is 10.0. The Hall–Kier alpha value is -3.70. The Morgan fingerprint density at radius 1 is 0.968 bits per heavy atom. The molecule has 1 amide bonds. The van der Waals surface area contributed by atoms with Crippen LogP contribution in [0, 0.1) is 0 Å². The number of halogens is 1. The van der Waals surface area contributed by atoms with Crippen LogP contribution in [0.2, 0.25) is 5.02 Å². The van der Waals surface area contributed by atoms with Gasteiger partial charge in [-0.2, -0.15) is 0 Å². The summed E-state index contributed by atoms with van der Waals surface area (Å²) in [6.07, 6.45) is 0. The molecular formula is C25H19ClN2O3. The summed E-state index contributed by atoms with van der Waals surface area (Å²) < 4.78 is 5.47. The van der Waals surface area contributed by atoms with Crippen molar-refractivity contribution in [2.45, 2.75) is 6.92 Å². The van der Waals surface area contributed by atoms with Gasteiger partial charge in [0, 0.05) is 27.2 Å². The molecule has 154 valence electrons. The zero-order valence-electron chi connectivity index (χ0n) is 17.0. The Labute approximate surface area is 184 Å². The summed E-state index contributed by atoms with van der Waals surface area (Å²) in [7, 11) is 1.59. The number of hydrogen-bond donors (Lipinski definition) is 1. The first-order chi connectivity index (χ1) is 15.0. The maximum atomic E-state index is 13.3. The van der Waals surface area contributed by atoms with E-state index in [2.05, 4.69) is 5.32 Å². The van der Waals surface area contributed by atoms with Gasteiger partial charge < -0.3 is 10.1 Å². The smallest absolute Gasteiger partial charge is 0.256 e. The number of nitrogens with zero attached hydrogens (tertiary/aromatic N) is 1. The molecule has 0 bridgehead atoms. The number of pyridine rings is 1. The number of aromatic nitrogens is 1. The number of para-hydroxylation sites is 1. The fourth-order valence-corrected chi connectivity index (χ4v) is 3.57. The average Bonchev–Trinajstić information content (AvgIpc) is 2.78. The molecule has 0 saturated carbocycles. The van der Waals surface area contributed by atoms with Gasteiger partial charge in [0.05, 0.1) is 23.9 Å². The molecule has 0 aliphatic heterocycles. The normalized spacial score (nSPS) is 10.7. The van der Waals surface area contributed by atoms with Crippen LogP contribution in [0.25, 0.3) is 22.2 Å². The number of ether oxygens (including phenoxy) is 1. The summed E-state index contributed by atoms with van der Waals surface area (Å²) in [6.45, 7) is 1.48. The first-order valence-electron chi connectivity index (χ1n) is 9.62. The highest BCUT2D eigenvalue weighted by molar-refractivity contribution is 6.31. The van der Waals surface area contributed by atoms with E-state index >= 15 is 0 Å². The van der Waals surface area contributed by atoms with Crippen LogP contribution in [-0.4, -0.2) is 23.8 Å². The van der Waals surface area contributed by atoms with E-state index in [1.54, 1.807) is 55.6 Å². The number of methoxy groups -OCH3 is 1. The number of anilines is 1. The highest BCUT2D eigenvalue weighted by Crippen LogP contribution is 2.32. The van der Waals surface area contributed by atoms with Crippen LogP contribution in [-0.2, 0) is 0 Å². The predicted octanol–water partition coefficient (Wildman–Crippen LogP) is 6.02. The zero-order chi connectivity index (χ0) is 22.0. The summed E-state index contributed by atoms with van der Waals surface area (Å²) in [4.78, 5) is 29.7. The van der Waals surface area contributed by atoms with E-state index < -0.39 is 0 Å². The molecule has 1 aromatic heterocycles. The summed E-state index contributed by atoms with van der Waals surface area (Å²) in [5, 5.41) is 4.02. The summed E-state index contributed by atoms with van der Waals surface area (Å²) in [6, 6.07) is 21.3. The minimum atomic E-state index is -0.327. The number of fused-ring (bicyclic) bond motifs is 1. The lowest BCUT2D eigenvalue weighted by Gasteiger charge is -2.13. The Morgan fingerprint density at radius 3 is 2.55 bits per heavy atom. The number of amides is 1. The maximum absolute atomic E-state index is 13.3. The molecule has 1 heterocycles. The molecule has 5 nitrogen and oxygen atoms in total. The van der Waals surface area contributed by atoms with Crippen molar-refractivity contribution >= 4 is 39.9 Å². The van der Waals surface area contributed by atoms with Gasteiger partial charge >= 0.3 is 0 Å². The zero-order valence-corrected chi connectivity index (χ0v) is 17.7. The van der Waals surface area contributed by atoms with Crippen LogP contribution in [0.15, 0.2) is 72.8 Å². The van der Waals surface area contributed by atoms with Crippen molar-refractivity contribution < 1.29 is 14.3 Å². The van der Waals surface area contributed by atoms with Gasteiger partial charge in [-0.3, -0.25) is 9.59 Å².